The predicted octanol–water partition coefficient (Wildman–Crippen LogP) is 4.57. The van der Waals surface area contributed by atoms with E-state index in [1.807, 2.05) is 12.2 Å². The molecule has 1 rings (SSSR count). The monoisotopic (exact) mass is 336 g/mol. The Hall–Kier alpha value is -1.42. The molecule has 0 aliphatic heterocycles. The van der Waals surface area contributed by atoms with E-state index < -0.39 is 12.1 Å². The van der Waals surface area contributed by atoms with Gasteiger partial charge in [-0.2, -0.15) is 0 Å². The Bertz CT molecular complexity index is 462. The van der Waals surface area contributed by atoms with Crippen LogP contribution < -0.4 is 0 Å². The zero-order valence-electron chi connectivity index (χ0n) is 14.9. The minimum absolute atomic E-state index is 0.228. The van der Waals surface area contributed by atoms with Crippen LogP contribution in [0.15, 0.2) is 23.3 Å². The highest BCUT2D eigenvalue weighted by molar-refractivity contribution is 5.99. The van der Waals surface area contributed by atoms with Crippen molar-refractivity contribution in [3.63, 3.8) is 0 Å². The van der Waals surface area contributed by atoms with Crippen molar-refractivity contribution in [2.24, 2.45) is 0 Å². The number of aliphatic hydroxyl groups excluding tert-OH is 1. The van der Waals surface area contributed by atoms with Crippen molar-refractivity contribution in [2.75, 3.05) is 0 Å². The molecule has 24 heavy (non-hydrogen) atoms. The van der Waals surface area contributed by atoms with Gasteiger partial charge >= 0.3 is 5.97 Å². The zero-order chi connectivity index (χ0) is 17.8. The number of hydrogen-bond donors (Lipinski definition) is 2. The number of unbranched alkanes of at least 4 members (excludes halogenated alkanes) is 5. The van der Waals surface area contributed by atoms with Crippen LogP contribution in [-0.2, 0) is 9.59 Å². The fourth-order valence-corrected chi connectivity index (χ4v) is 3.07. The highest BCUT2D eigenvalue weighted by atomic mass is 16.4. The van der Waals surface area contributed by atoms with Gasteiger partial charge in [-0.3, -0.25) is 9.59 Å². The van der Waals surface area contributed by atoms with Gasteiger partial charge in [0, 0.05) is 12.8 Å². The van der Waals surface area contributed by atoms with Gasteiger partial charge in [0.15, 0.2) is 5.78 Å². The molecule has 0 radical (unpaired) electrons. The van der Waals surface area contributed by atoms with E-state index in [0.717, 1.165) is 68.9 Å². The number of hydrogen-bond acceptors (Lipinski definition) is 3. The van der Waals surface area contributed by atoms with Gasteiger partial charge in [0.1, 0.15) is 0 Å². The van der Waals surface area contributed by atoms with E-state index in [1.165, 1.54) is 0 Å². The van der Waals surface area contributed by atoms with E-state index >= 15 is 0 Å². The second kappa shape index (κ2) is 12.0. The molecule has 0 saturated heterocycles. The molecule has 0 saturated carbocycles. The average molecular weight is 336 g/mol. The Morgan fingerprint density at radius 3 is 2.58 bits per heavy atom. The number of aliphatic hydroxyl groups is 1. The normalized spacial score (nSPS) is 16.3. The molecule has 0 heterocycles. The molecule has 0 amide bonds. The van der Waals surface area contributed by atoms with Crippen LogP contribution in [-0.4, -0.2) is 28.1 Å². The summed E-state index contributed by atoms with van der Waals surface area (Å²) >= 11 is 0. The lowest BCUT2D eigenvalue weighted by atomic mass is 10.0. The summed E-state index contributed by atoms with van der Waals surface area (Å²) in [6, 6.07) is 0. The van der Waals surface area contributed by atoms with Crippen LogP contribution in [0.5, 0.6) is 0 Å². The molecule has 0 aromatic carbocycles. The van der Waals surface area contributed by atoms with Crippen molar-refractivity contribution in [3.05, 3.63) is 23.3 Å². The number of ketones is 1. The number of carboxylic acid groups (broad SMARTS) is 1. The maximum atomic E-state index is 12.0. The smallest absolute Gasteiger partial charge is 0.303 e. The standard InChI is InChI=1S/C20H32O4/c1-2-3-6-9-17(21)14-12-16-13-15-19(22)18(16)10-7-4-5-8-11-20(23)24/h12,14,17,21H,2-11,13,15H2,1H3,(H,23,24)/b14-12+/t17-/m1/s1. The molecular formula is C20H32O4. The number of carboxylic acids is 1. The summed E-state index contributed by atoms with van der Waals surface area (Å²) in [6.45, 7) is 2.14. The summed E-state index contributed by atoms with van der Waals surface area (Å²) in [7, 11) is 0. The number of allylic oxidation sites excluding steroid dienone is 3. The second-order valence-corrected chi connectivity index (χ2v) is 6.66. The fourth-order valence-electron chi connectivity index (χ4n) is 3.07. The Balaban J connectivity index is 2.39. The SMILES string of the molecule is CCCCC[C@@H](O)/C=C/C1=C(CCCCCCC(=O)O)C(=O)CC1. The second-order valence-electron chi connectivity index (χ2n) is 6.66. The molecule has 4 heteroatoms. The first-order chi connectivity index (χ1) is 11.5. The first kappa shape index (κ1) is 20.6. The van der Waals surface area contributed by atoms with Crippen LogP contribution in [0, 0.1) is 0 Å². The van der Waals surface area contributed by atoms with E-state index in [1.54, 1.807) is 0 Å². The van der Waals surface area contributed by atoms with Crippen molar-refractivity contribution >= 4 is 11.8 Å². The predicted molar refractivity (Wildman–Crippen MR) is 95.9 cm³/mol. The molecule has 1 aliphatic rings. The Morgan fingerprint density at radius 2 is 1.88 bits per heavy atom. The van der Waals surface area contributed by atoms with E-state index in [4.69, 9.17) is 5.11 Å². The van der Waals surface area contributed by atoms with Gasteiger partial charge in [-0.25, -0.2) is 0 Å². The first-order valence-corrected chi connectivity index (χ1v) is 9.37. The van der Waals surface area contributed by atoms with E-state index in [9.17, 15) is 14.7 Å². The van der Waals surface area contributed by atoms with Crippen LogP contribution in [0.1, 0.15) is 84.0 Å². The highest BCUT2D eigenvalue weighted by Crippen LogP contribution is 2.28. The van der Waals surface area contributed by atoms with Gasteiger partial charge in [-0.05, 0) is 43.3 Å². The molecule has 4 nitrogen and oxygen atoms in total. The Labute approximate surface area is 145 Å². The quantitative estimate of drug-likeness (QED) is 0.483. The van der Waals surface area contributed by atoms with Crippen LogP contribution >= 0.6 is 0 Å². The van der Waals surface area contributed by atoms with Crippen LogP contribution in [0.4, 0.5) is 0 Å². The van der Waals surface area contributed by atoms with Crippen molar-refractivity contribution in [2.45, 2.75) is 90.1 Å². The maximum absolute atomic E-state index is 12.0. The Morgan fingerprint density at radius 1 is 1.12 bits per heavy atom. The third kappa shape index (κ3) is 8.44. The van der Waals surface area contributed by atoms with Crippen molar-refractivity contribution in [1.29, 1.82) is 0 Å². The summed E-state index contributed by atoms with van der Waals surface area (Å²) in [6.07, 6.45) is 13.3. The highest BCUT2D eigenvalue weighted by Gasteiger charge is 2.20. The van der Waals surface area contributed by atoms with E-state index in [-0.39, 0.29) is 12.2 Å². The molecule has 0 spiro atoms. The van der Waals surface area contributed by atoms with Crippen LogP contribution in [0.3, 0.4) is 0 Å². The van der Waals surface area contributed by atoms with Gasteiger partial charge in [0.2, 0.25) is 0 Å². The van der Waals surface area contributed by atoms with Crippen molar-refractivity contribution in [3.8, 4) is 0 Å². The van der Waals surface area contributed by atoms with Crippen LogP contribution in [0.25, 0.3) is 0 Å². The van der Waals surface area contributed by atoms with Gasteiger partial charge < -0.3 is 10.2 Å². The summed E-state index contributed by atoms with van der Waals surface area (Å²) in [4.78, 5) is 22.5. The van der Waals surface area contributed by atoms with Crippen molar-refractivity contribution in [1.82, 2.24) is 0 Å². The summed E-state index contributed by atoms with van der Waals surface area (Å²) in [5.74, 6) is -0.505. The number of aliphatic carboxylic acids is 1. The lowest BCUT2D eigenvalue weighted by molar-refractivity contribution is -0.137. The lowest BCUT2D eigenvalue weighted by Crippen LogP contribution is -2.02. The topological polar surface area (TPSA) is 74.6 Å². The first-order valence-electron chi connectivity index (χ1n) is 9.37. The third-order valence-electron chi connectivity index (χ3n) is 4.54. The molecule has 2 N–H and O–H groups in total. The van der Waals surface area contributed by atoms with Crippen LogP contribution in [0.2, 0.25) is 0 Å². The summed E-state index contributed by atoms with van der Waals surface area (Å²) < 4.78 is 0. The lowest BCUT2D eigenvalue weighted by Gasteiger charge is -2.06. The molecule has 1 atom stereocenters. The summed E-state index contributed by atoms with van der Waals surface area (Å²) in [5, 5.41) is 18.6. The molecule has 0 unspecified atom stereocenters. The Kier molecular flexibility index (Phi) is 10.3. The van der Waals surface area contributed by atoms with E-state index in [2.05, 4.69) is 6.92 Å². The van der Waals surface area contributed by atoms with Gasteiger partial charge in [0.25, 0.3) is 0 Å². The molecule has 1 aliphatic carbocycles. The molecule has 0 fully saturated rings. The fraction of sp³-hybridized carbons (Fsp3) is 0.700. The molecular weight excluding hydrogens is 304 g/mol. The maximum Gasteiger partial charge on any atom is 0.303 e. The zero-order valence-corrected chi connectivity index (χ0v) is 14.9. The largest absolute Gasteiger partial charge is 0.481 e. The van der Waals surface area contributed by atoms with Gasteiger partial charge in [-0.15, -0.1) is 0 Å². The average Bonchev–Trinajstić information content (AvgIpc) is 2.89. The molecule has 136 valence electrons. The minimum atomic E-state index is -0.742. The number of Topliss-reactive ketones (excluding diaryl/α,β-unsaturated/α-hetero) is 1. The number of carbonyl (C=O) groups excluding carboxylic acids is 1. The van der Waals surface area contributed by atoms with Gasteiger partial charge in [0.05, 0.1) is 6.10 Å². The minimum Gasteiger partial charge on any atom is -0.481 e. The molecule has 0 aromatic heterocycles. The van der Waals surface area contributed by atoms with E-state index in [0.29, 0.717) is 12.8 Å². The molecule has 0 bridgehead atoms. The third-order valence-corrected chi connectivity index (χ3v) is 4.54. The number of carbonyl (C=O) groups is 2. The summed E-state index contributed by atoms with van der Waals surface area (Å²) in [5.41, 5.74) is 2.00. The number of rotatable bonds is 13. The van der Waals surface area contributed by atoms with Crippen molar-refractivity contribution < 1.29 is 19.8 Å². The molecule has 0 aromatic rings. The van der Waals surface area contributed by atoms with Gasteiger partial charge in [-0.1, -0.05) is 51.2 Å².